The number of rotatable bonds is 3. The number of carbonyl (C=O) groups is 1. The Kier molecular flexibility index (Phi) is 3.79. The molecule has 2 rings (SSSR count). The second kappa shape index (κ2) is 5.36. The summed E-state index contributed by atoms with van der Waals surface area (Å²) >= 11 is 0. The van der Waals surface area contributed by atoms with Gasteiger partial charge in [-0.1, -0.05) is 0 Å². The SMILES string of the molecule is COc1cc(F)c(C(=O)c2ccc(F)c(C)c2)c(F)c1. The lowest BCUT2D eigenvalue weighted by atomic mass is 10.0. The Bertz CT molecular complexity index is 658. The molecule has 0 heterocycles. The van der Waals surface area contributed by atoms with Crippen molar-refractivity contribution in [3.8, 4) is 5.75 Å². The molecule has 0 bridgehead atoms. The molecule has 0 aliphatic rings. The minimum absolute atomic E-state index is 0.0202. The van der Waals surface area contributed by atoms with Crippen molar-refractivity contribution in [1.29, 1.82) is 0 Å². The molecule has 0 atom stereocenters. The fraction of sp³-hybridized carbons (Fsp3) is 0.133. The summed E-state index contributed by atoms with van der Waals surface area (Å²) in [7, 11) is 1.26. The maximum atomic E-state index is 13.8. The lowest BCUT2D eigenvalue weighted by molar-refractivity contribution is 0.103. The fourth-order valence-corrected chi connectivity index (χ4v) is 1.81. The average Bonchev–Trinajstić information content (AvgIpc) is 2.40. The van der Waals surface area contributed by atoms with E-state index in [1.807, 2.05) is 0 Å². The van der Waals surface area contributed by atoms with Crippen LogP contribution in [0.3, 0.4) is 0 Å². The summed E-state index contributed by atoms with van der Waals surface area (Å²) in [5.74, 6) is -3.39. The Hall–Kier alpha value is -2.30. The summed E-state index contributed by atoms with van der Waals surface area (Å²) in [5, 5.41) is 0. The van der Waals surface area contributed by atoms with Crippen LogP contribution < -0.4 is 4.74 Å². The van der Waals surface area contributed by atoms with Gasteiger partial charge in [0.25, 0.3) is 0 Å². The number of halogens is 3. The molecule has 0 aromatic heterocycles. The second-order valence-corrected chi connectivity index (χ2v) is 4.26. The molecule has 104 valence electrons. The molecule has 0 aliphatic heterocycles. The zero-order valence-electron chi connectivity index (χ0n) is 10.8. The van der Waals surface area contributed by atoms with E-state index >= 15 is 0 Å². The number of carbonyl (C=O) groups excluding carboxylic acids is 1. The normalized spacial score (nSPS) is 10.4. The van der Waals surface area contributed by atoms with Gasteiger partial charge in [0.15, 0.2) is 5.78 Å². The molecule has 0 fully saturated rings. The van der Waals surface area contributed by atoms with Gasteiger partial charge in [-0.3, -0.25) is 4.79 Å². The lowest BCUT2D eigenvalue weighted by Crippen LogP contribution is -2.08. The number of ether oxygens (including phenoxy) is 1. The highest BCUT2D eigenvalue weighted by Gasteiger charge is 2.21. The van der Waals surface area contributed by atoms with Gasteiger partial charge in [0.05, 0.1) is 12.7 Å². The Balaban J connectivity index is 2.50. The number of ketones is 1. The summed E-state index contributed by atoms with van der Waals surface area (Å²) in [4.78, 5) is 12.1. The van der Waals surface area contributed by atoms with Crippen LogP contribution in [0.15, 0.2) is 30.3 Å². The van der Waals surface area contributed by atoms with Gasteiger partial charge in [0.2, 0.25) is 0 Å². The third-order valence-electron chi connectivity index (χ3n) is 2.90. The lowest BCUT2D eigenvalue weighted by Gasteiger charge is -2.08. The second-order valence-electron chi connectivity index (χ2n) is 4.26. The Morgan fingerprint density at radius 2 is 1.60 bits per heavy atom. The summed E-state index contributed by atoms with van der Waals surface area (Å²) in [5.41, 5.74) is -0.436. The highest BCUT2D eigenvalue weighted by Crippen LogP contribution is 2.23. The smallest absolute Gasteiger partial charge is 0.198 e. The highest BCUT2D eigenvalue weighted by atomic mass is 19.1. The zero-order valence-corrected chi connectivity index (χ0v) is 10.8. The van der Waals surface area contributed by atoms with E-state index in [2.05, 4.69) is 0 Å². The Morgan fingerprint density at radius 3 is 2.10 bits per heavy atom. The van der Waals surface area contributed by atoms with Crippen LogP contribution in [-0.4, -0.2) is 12.9 Å². The molecular weight excluding hydrogens is 269 g/mol. The first kappa shape index (κ1) is 14.1. The number of hydrogen-bond acceptors (Lipinski definition) is 2. The first-order chi connectivity index (χ1) is 9.43. The number of benzene rings is 2. The van der Waals surface area contributed by atoms with Crippen LogP contribution in [0.2, 0.25) is 0 Å². The zero-order chi connectivity index (χ0) is 14.9. The molecule has 0 aliphatic carbocycles. The van der Waals surface area contributed by atoms with Crippen LogP contribution in [0.1, 0.15) is 21.5 Å². The van der Waals surface area contributed by atoms with Crippen LogP contribution in [0, 0.1) is 24.4 Å². The molecule has 0 saturated carbocycles. The van der Waals surface area contributed by atoms with Crippen molar-refractivity contribution in [2.45, 2.75) is 6.92 Å². The minimum Gasteiger partial charge on any atom is -0.497 e. The molecule has 0 spiro atoms. The van der Waals surface area contributed by atoms with Crippen molar-refractivity contribution in [3.05, 3.63) is 64.5 Å². The number of hydrogen-bond donors (Lipinski definition) is 0. The Labute approximate surface area is 113 Å². The van der Waals surface area contributed by atoms with Crippen molar-refractivity contribution in [2.24, 2.45) is 0 Å². The van der Waals surface area contributed by atoms with E-state index in [9.17, 15) is 18.0 Å². The number of aryl methyl sites for hydroxylation is 1. The van der Waals surface area contributed by atoms with Gasteiger partial charge in [-0.2, -0.15) is 0 Å². The van der Waals surface area contributed by atoms with Gasteiger partial charge >= 0.3 is 0 Å². The molecule has 5 heteroatoms. The predicted molar refractivity (Wildman–Crippen MR) is 67.5 cm³/mol. The van der Waals surface area contributed by atoms with Crippen LogP contribution in [-0.2, 0) is 0 Å². The number of methoxy groups -OCH3 is 1. The first-order valence-electron chi connectivity index (χ1n) is 5.78. The maximum Gasteiger partial charge on any atom is 0.198 e. The van der Waals surface area contributed by atoms with Crippen molar-refractivity contribution in [1.82, 2.24) is 0 Å². The van der Waals surface area contributed by atoms with E-state index in [-0.39, 0.29) is 16.9 Å². The van der Waals surface area contributed by atoms with Gasteiger partial charge in [0, 0.05) is 17.7 Å². The van der Waals surface area contributed by atoms with Gasteiger partial charge in [-0.05, 0) is 30.7 Å². The van der Waals surface area contributed by atoms with Crippen molar-refractivity contribution in [2.75, 3.05) is 7.11 Å². The van der Waals surface area contributed by atoms with Gasteiger partial charge in [0.1, 0.15) is 23.2 Å². The molecule has 2 aromatic rings. The van der Waals surface area contributed by atoms with Crippen LogP contribution >= 0.6 is 0 Å². The standard InChI is InChI=1S/C15H11F3O2/c1-8-5-9(3-4-11(8)16)15(19)14-12(17)6-10(20-2)7-13(14)18/h3-7H,1-2H3. The summed E-state index contributed by atoms with van der Waals surface area (Å²) < 4.78 is 45.5. The largest absolute Gasteiger partial charge is 0.497 e. The third kappa shape index (κ3) is 2.52. The molecule has 0 unspecified atom stereocenters. The van der Waals surface area contributed by atoms with Crippen molar-refractivity contribution < 1.29 is 22.7 Å². The van der Waals surface area contributed by atoms with E-state index in [1.54, 1.807) is 0 Å². The quantitative estimate of drug-likeness (QED) is 0.802. The first-order valence-corrected chi connectivity index (χ1v) is 5.78. The molecule has 0 saturated heterocycles. The van der Waals surface area contributed by atoms with Crippen LogP contribution in [0.5, 0.6) is 5.75 Å². The van der Waals surface area contributed by atoms with Crippen molar-refractivity contribution >= 4 is 5.78 Å². The summed E-state index contributed by atoms with van der Waals surface area (Å²) in [6.07, 6.45) is 0. The van der Waals surface area contributed by atoms with E-state index in [4.69, 9.17) is 4.74 Å². The van der Waals surface area contributed by atoms with E-state index in [1.165, 1.54) is 26.2 Å². The van der Waals surface area contributed by atoms with Crippen LogP contribution in [0.25, 0.3) is 0 Å². The monoisotopic (exact) mass is 280 g/mol. The molecule has 0 N–H and O–H groups in total. The minimum atomic E-state index is -1.02. The molecule has 0 amide bonds. The van der Waals surface area contributed by atoms with Gasteiger partial charge < -0.3 is 4.74 Å². The highest BCUT2D eigenvalue weighted by molar-refractivity contribution is 6.09. The van der Waals surface area contributed by atoms with Gasteiger partial charge in [-0.25, -0.2) is 13.2 Å². The van der Waals surface area contributed by atoms with E-state index < -0.39 is 28.8 Å². The molecular formula is C15H11F3O2. The van der Waals surface area contributed by atoms with E-state index in [0.717, 1.165) is 18.2 Å². The molecule has 20 heavy (non-hydrogen) atoms. The van der Waals surface area contributed by atoms with E-state index in [0.29, 0.717) is 0 Å². The van der Waals surface area contributed by atoms with Gasteiger partial charge in [-0.15, -0.1) is 0 Å². The average molecular weight is 280 g/mol. The topological polar surface area (TPSA) is 26.3 Å². The Morgan fingerprint density at radius 1 is 1.00 bits per heavy atom. The van der Waals surface area contributed by atoms with Crippen LogP contribution in [0.4, 0.5) is 13.2 Å². The maximum absolute atomic E-state index is 13.8. The molecule has 0 radical (unpaired) electrons. The fourth-order valence-electron chi connectivity index (χ4n) is 1.81. The predicted octanol–water partition coefficient (Wildman–Crippen LogP) is 3.65. The summed E-state index contributed by atoms with van der Waals surface area (Å²) in [6.45, 7) is 1.47. The summed E-state index contributed by atoms with van der Waals surface area (Å²) in [6, 6.07) is 5.37. The van der Waals surface area contributed by atoms with Crippen molar-refractivity contribution in [3.63, 3.8) is 0 Å². The molecule has 2 nitrogen and oxygen atoms in total. The third-order valence-corrected chi connectivity index (χ3v) is 2.90. The molecule has 2 aromatic carbocycles.